The molecule has 0 unspecified atom stereocenters. The van der Waals surface area contributed by atoms with Crippen molar-refractivity contribution in [3.63, 3.8) is 0 Å². The Bertz CT molecular complexity index is 973. The molecule has 0 aromatic heterocycles. The fraction of sp³-hybridized carbons (Fsp3) is 0.250. The number of hydrogen-bond donors (Lipinski definition) is 2. The number of morpholine rings is 1. The Kier molecular flexibility index (Phi) is 6.25. The van der Waals surface area contributed by atoms with Gasteiger partial charge in [0.1, 0.15) is 0 Å². The standard InChI is InChI=1S/C24H25N3O3/c28-24(29)19-8-10-22(11-9-19)26-25-17-21-7-6-20(16-18-4-2-1-3-5-18)23(21)27-12-14-30-15-13-27/h1-5,8-11,16-17,26H,6-7,12-15H2,(H,28,29)/b20-16?,25-17-. The van der Waals surface area contributed by atoms with Gasteiger partial charge in [-0.1, -0.05) is 30.3 Å². The molecule has 4 rings (SSSR count). The third-order valence-corrected chi connectivity index (χ3v) is 5.29. The maximum absolute atomic E-state index is 11.0. The van der Waals surface area contributed by atoms with Crippen LogP contribution in [0.5, 0.6) is 0 Å². The summed E-state index contributed by atoms with van der Waals surface area (Å²) in [6, 6.07) is 17.0. The van der Waals surface area contributed by atoms with Gasteiger partial charge in [0.15, 0.2) is 0 Å². The lowest BCUT2D eigenvalue weighted by Gasteiger charge is -2.31. The number of carboxylic acid groups (broad SMARTS) is 1. The molecular weight excluding hydrogens is 378 g/mol. The van der Waals surface area contributed by atoms with Crippen LogP contribution in [-0.2, 0) is 4.74 Å². The Morgan fingerprint density at radius 3 is 2.47 bits per heavy atom. The van der Waals surface area contributed by atoms with Crippen molar-refractivity contribution in [3.8, 4) is 0 Å². The SMILES string of the molecule is O=C(O)c1ccc(N/N=C\C2=C(N3CCOCC3)C(=Cc3ccccc3)CC2)cc1. The third kappa shape index (κ3) is 4.78. The first-order chi connectivity index (χ1) is 14.7. The number of hydrogen-bond acceptors (Lipinski definition) is 5. The zero-order chi connectivity index (χ0) is 20.8. The van der Waals surface area contributed by atoms with E-state index < -0.39 is 5.97 Å². The van der Waals surface area contributed by atoms with E-state index in [2.05, 4.69) is 45.8 Å². The highest BCUT2D eigenvalue weighted by atomic mass is 16.5. The van der Waals surface area contributed by atoms with E-state index in [-0.39, 0.29) is 5.56 Å². The maximum atomic E-state index is 11.0. The average Bonchev–Trinajstić information content (AvgIpc) is 3.17. The Balaban J connectivity index is 1.56. The summed E-state index contributed by atoms with van der Waals surface area (Å²) in [5, 5.41) is 13.4. The van der Waals surface area contributed by atoms with Crippen LogP contribution in [0.15, 0.2) is 76.5 Å². The van der Waals surface area contributed by atoms with Gasteiger partial charge in [0.05, 0.1) is 30.7 Å². The second-order valence-corrected chi connectivity index (χ2v) is 7.31. The first-order valence-corrected chi connectivity index (χ1v) is 10.1. The molecule has 30 heavy (non-hydrogen) atoms. The molecule has 0 amide bonds. The van der Waals surface area contributed by atoms with Gasteiger partial charge in [0.25, 0.3) is 0 Å². The molecule has 154 valence electrons. The predicted molar refractivity (Wildman–Crippen MR) is 119 cm³/mol. The average molecular weight is 403 g/mol. The fourth-order valence-electron chi connectivity index (χ4n) is 3.79. The minimum Gasteiger partial charge on any atom is -0.478 e. The van der Waals surface area contributed by atoms with Crippen LogP contribution in [0.2, 0.25) is 0 Å². The number of benzene rings is 2. The van der Waals surface area contributed by atoms with Crippen molar-refractivity contribution in [1.29, 1.82) is 0 Å². The highest BCUT2D eigenvalue weighted by Gasteiger charge is 2.25. The number of carbonyl (C=O) groups is 1. The molecular formula is C24H25N3O3. The van der Waals surface area contributed by atoms with E-state index in [1.54, 1.807) is 24.3 Å². The number of ether oxygens (including phenoxy) is 1. The van der Waals surface area contributed by atoms with Crippen LogP contribution in [0.1, 0.15) is 28.8 Å². The number of nitrogens with one attached hydrogen (secondary N) is 1. The maximum Gasteiger partial charge on any atom is 0.335 e. The van der Waals surface area contributed by atoms with Crippen LogP contribution >= 0.6 is 0 Å². The number of allylic oxidation sites excluding steroid dienone is 2. The van der Waals surface area contributed by atoms with Crippen LogP contribution < -0.4 is 5.43 Å². The largest absolute Gasteiger partial charge is 0.478 e. The van der Waals surface area contributed by atoms with Gasteiger partial charge < -0.3 is 14.7 Å². The summed E-state index contributed by atoms with van der Waals surface area (Å²) in [6.45, 7) is 3.23. The molecule has 0 atom stereocenters. The summed E-state index contributed by atoms with van der Waals surface area (Å²) in [5.41, 5.74) is 9.01. The van der Waals surface area contributed by atoms with Crippen LogP contribution in [0, 0.1) is 0 Å². The van der Waals surface area contributed by atoms with Gasteiger partial charge in [-0.25, -0.2) is 4.79 Å². The molecule has 6 heteroatoms. The van der Waals surface area contributed by atoms with Crippen molar-refractivity contribution >= 4 is 23.9 Å². The van der Waals surface area contributed by atoms with Crippen LogP contribution in [-0.4, -0.2) is 48.5 Å². The van der Waals surface area contributed by atoms with Gasteiger partial charge in [-0.15, -0.1) is 0 Å². The molecule has 1 aliphatic heterocycles. The van der Waals surface area contributed by atoms with Crippen LogP contribution in [0.25, 0.3) is 6.08 Å². The van der Waals surface area contributed by atoms with Crippen molar-refractivity contribution in [2.24, 2.45) is 5.10 Å². The molecule has 0 radical (unpaired) electrons. The molecule has 2 N–H and O–H groups in total. The topological polar surface area (TPSA) is 74.2 Å². The zero-order valence-electron chi connectivity index (χ0n) is 16.8. The first-order valence-electron chi connectivity index (χ1n) is 10.1. The predicted octanol–water partition coefficient (Wildman–Crippen LogP) is 4.25. The fourth-order valence-corrected chi connectivity index (χ4v) is 3.79. The number of anilines is 1. The van der Waals surface area contributed by atoms with E-state index in [0.717, 1.165) is 44.8 Å². The molecule has 0 saturated carbocycles. The van der Waals surface area contributed by atoms with Gasteiger partial charge in [-0.05, 0) is 59.9 Å². The minimum absolute atomic E-state index is 0.258. The molecule has 0 bridgehead atoms. The lowest BCUT2D eigenvalue weighted by Crippen LogP contribution is -2.36. The molecule has 0 spiro atoms. The molecule has 1 saturated heterocycles. The van der Waals surface area contributed by atoms with Crippen LogP contribution in [0.3, 0.4) is 0 Å². The van der Waals surface area contributed by atoms with Gasteiger partial charge in [0, 0.05) is 18.8 Å². The summed E-state index contributed by atoms with van der Waals surface area (Å²) < 4.78 is 5.54. The summed E-state index contributed by atoms with van der Waals surface area (Å²) in [5.74, 6) is -0.936. The molecule has 1 fully saturated rings. The highest BCUT2D eigenvalue weighted by Crippen LogP contribution is 2.35. The molecule has 2 aliphatic rings. The highest BCUT2D eigenvalue weighted by molar-refractivity contribution is 5.88. The number of carboxylic acids is 1. The van der Waals surface area contributed by atoms with E-state index in [1.165, 1.54) is 22.4 Å². The lowest BCUT2D eigenvalue weighted by atomic mass is 10.1. The second kappa shape index (κ2) is 9.41. The summed E-state index contributed by atoms with van der Waals surface area (Å²) in [4.78, 5) is 13.4. The Morgan fingerprint density at radius 1 is 1.03 bits per heavy atom. The summed E-state index contributed by atoms with van der Waals surface area (Å²) >= 11 is 0. The molecule has 2 aromatic rings. The molecule has 6 nitrogen and oxygen atoms in total. The van der Waals surface area contributed by atoms with E-state index in [1.807, 2.05) is 12.3 Å². The molecule has 2 aromatic carbocycles. The van der Waals surface area contributed by atoms with Crippen molar-refractivity contribution in [2.75, 3.05) is 31.7 Å². The number of hydrazone groups is 1. The van der Waals surface area contributed by atoms with Crippen molar-refractivity contribution in [1.82, 2.24) is 4.90 Å². The molecule has 1 aliphatic carbocycles. The van der Waals surface area contributed by atoms with Crippen molar-refractivity contribution in [2.45, 2.75) is 12.8 Å². The number of rotatable bonds is 6. The zero-order valence-corrected chi connectivity index (χ0v) is 16.8. The van der Waals surface area contributed by atoms with Crippen molar-refractivity contribution < 1.29 is 14.6 Å². The second-order valence-electron chi connectivity index (χ2n) is 7.31. The van der Waals surface area contributed by atoms with E-state index in [4.69, 9.17) is 9.84 Å². The van der Waals surface area contributed by atoms with E-state index >= 15 is 0 Å². The summed E-state index contributed by atoms with van der Waals surface area (Å²) in [6.07, 6.45) is 6.08. The third-order valence-electron chi connectivity index (χ3n) is 5.29. The number of nitrogens with zero attached hydrogens (tertiary/aromatic N) is 2. The Labute approximate surface area is 176 Å². The van der Waals surface area contributed by atoms with E-state index in [9.17, 15) is 4.79 Å². The minimum atomic E-state index is -0.936. The Hall–Kier alpha value is -3.38. The van der Waals surface area contributed by atoms with Gasteiger partial charge >= 0.3 is 5.97 Å². The quantitative estimate of drug-likeness (QED) is 0.557. The van der Waals surface area contributed by atoms with Gasteiger partial charge in [0.2, 0.25) is 0 Å². The van der Waals surface area contributed by atoms with Crippen LogP contribution in [0.4, 0.5) is 5.69 Å². The first kappa shape index (κ1) is 19.9. The van der Waals surface area contributed by atoms with Crippen molar-refractivity contribution in [3.05, 3.63) is 82.6 Å². The number of aromatic carboxylic acids is 1. The monoisotopic (exact) mass is 403 g/mol. The normalized spacial score (nSPS) is 18.4. The van der Waals surface area contributed by atoms with Gasteiger partial charge in [-0.3, -0.25) is 5.43 Å². The Morgan fingerprint density at radius 2 is 1.77 bits per heavy atom. The van der Waals surface area contributed by atoms with E-state index in [0.29, 0.717) is 0 Å². The smallest absolute Gasteiger partial charge is 0.335 e. The van der Waals surface area contributed by atoms with Gasteiger partial charge in [-0.2, -0.15) is 5.10 Å². The lowest BCUT2D eigenvalue weighted by molar-refractivity contribution is 0.0548. The summed E-state index contributed by atoms with van der Waals surface area (Å²) in [7, 11) is 0. The molecule has 1 heterocycles.